The summed E-state index contributed by atoms with van der Waals surface area (Å²) in [6, 6.07) is 9.99. The topological polar surface area (TPSA) is 50.3 Å². The predicted octanol–water partition coefficient (Wildman–Crippen LogP) is 2.47. The molecule has 0 saturated carbocycles. The molecule has 1 N–H and O–H groups in total. The van der Waals surface area contributed by atoms with E-state index in [9.17, 15) is 0 Å². The van der Waals surface area contributed by atoms with E-state index in [0.29, 0.717) is 6.54 Å². The SMILES string of the molecule is CNc1cc(C)nc(CN(C)Cc2ccccc2OC)n1. The van der Waals surface area contributed by atoms with E-state index >= 15 is 0 Å². The van der Waals surface area contributed by atoms with Crippen LogP contribution in [0.5, 0.6) is 5.75 Å². The van der Waals surface area contributed by atoms with Crippen molar-refractivity contribution in [3.63, 3.8) is 0 Å². The molecule has 2 rings (SSSR count). The van der Waals surface area contributed by atoms with Crippen molar-refractivity contribution in [2.24, 2.45) is 0 Å². The van der Waals surface area contributed by atoms with Gasteiger partial charge < -0.3 is 10.1 Å². The first-order chi connectivity index (χ1) is 10.1. The standard InChI is InChI=1S/C16H22N4O/c1-12-9-15(17-2)19-16(18-12)11-20(3)10-13-7-5-6-8-14(13)21-4/h5-9H,10-11H2,1-4H3,(H,17,18,19). The van der Waals surface area contributed by atoms with Gasteiger partial charge >= 0.3 is 0 Å². The van der Waals surface area contributed by atoms with Crippen LogP contribution in [0, 0.1) is 6.92 Å². The molecule has 1 heterocycles. The molecule has 0 spiro atoms. The fourth-order valence-electron chi connectivity index (χ4n) is 2.25. The number of methoxy groups -OCH3 is 1. The van der Waals surface area contributed by atoms with Gasteiger partial charge in [-0.25, -0.2) is 9.97 Å². The van der Waals surface area contributed by atoms with E-state index in [0.717, 1.165) is 35.2 Å². The molecule has 0 amide bonds. The first-order valence-corrected chi connectivity index (χ1v) is 6.95. The maximum absolute atomic E-state index is 5.38. The molecular formula is C16H22N4O. The molecule has 0 fully saturated rings. The van der Waals surface area contributed by atoms with Gasteiger partial charge in [0.1, 0.15) is 17.4 Å². The molecule has 112 valence electrons. The van der Waals surface area contributed by atoms with Crippen molar-refractivity contribution in [3.05, 3.63) is 47.4 Å². The van der Waals surface area contributed by atoms with E-state index in [4.69, 9.17) is 4.74 Å². The van der Waals surface area contributed by atoms with Crippen LogP contribution in [-0.2, 0) is 13.1 Å². The lowest BCUT2D eigenvalue weighted by atomic mass is 10.2. The van der Waals surface area contributed by atoms with Gasteiger partial charge in [0.25, 0.3) is 0 Å². The van der Waals surface area contributed by atoms with Crippen LogP contribution in [0.25, 0.3) is 0 Å². The number of aryl methyl sites for hydroxylation is 1. The lowest BCUT2D eigenvalue weighted by molar-refractivity contribution is 0.302. The molecule has 0 unspecified atom stereocenters. The van der Waals surface area contributed by atoms with E-state index in [1.807, 2.05) is 38.2 Å². The molecule has 0 aliphatic heterocycles. The van der Waals surface area contributed by atoms with Crippen molar-refractivity contribution in [1.29, 1.82) is 0 Å². The smallest absolute Gasteiger partial charge is 0.144 e. The molecule has 5 heteroatoms. The molecule has 0 saturated heterocycles. The van der Waals surface area contributed by atoms with Crippen LogP contribution in [0.3, 0.4) is 0 Å². The number of rotatable bonds is 6. The van der Waals surface area contributed by atoms with E-state index < -0.39 is 0 Å². The summed E-state index contributed by atoms with van der Waals surface area (Å²) < 4.78 is 5.38. The van der Waals surface area contributed by atoms with Crippen molar-refractivity contribution < 1.29 is 4.74 Å². The Bertz CT molecular complexity index is 601. The Morgan fingerprint density at radius 3 is 2.67 bits per heavy atom. The van der Waals surface area contributed by atoms with Crippen molar-refractivity contribution >= 4 is 5.82 Å². The highest BCUT2D eigenvalue weighted by Gasteiger charge is 2.09. The summed E-state index contributed by atoms with van der Waals surface area (Å²) in [6.07, 6.45) is 0. The summed E-state index contributed by atoms with van der Waals surface area (Å²) in [5, 5.41) is 3.06. The van der Waals surface area contributed by atoms with Crippen LogP contribution in [0.2, 0.25) is 0 Å². The van der Waals surface area contributed by atoms with Crippen molar-refractivity contribution in [2.75, 3.05) is 26.5 Å². The van der Waals surface area contributed by atoms with Crippen LogP contribution >= 0.6 is 0 Å². The quantitative estimate of drug-likeness (QED) is 0.884. The number of hydrogen-bond acceptors (Lipinski definition) is 5. The summed E-state index contributed by atoms with van der Waals surface area (Å²) in [5.74, 6) is 2.57. The zero-order valence-electron chi connectivity index (χ0n) is 13.1. The number of ether oxygens (including phenoxy) is 1. The number of hydrogen-bond donors (Lipinski definition) is 1. The van der Waals surface area contributed by atoms with Gasteiger partial charge in [-0.15, -0.1) is 0 Å². The van der Waals surface area contributed by atoms with Gasteiger partial charge in [-0.2, -0.15) is 0 Å². The number of aromatic nitrogens is 2. The second-order valence-electron chi connectivity index (χ2n) is 5.04. The number of anilines is 1. The third kappa shape index (κ3) is 4.16. The Morgan fingerprint density at radius 1 is 1.19 bits per heavy atom. The molecule has 0 bridgehead atoms. The zero-order valence-corrected chi connectivity index (χ0v) is 13.1. The maximum Gasteiger partial charge on any atom is 0.144 e. The molecule has 0 atom stereocenters. The van der Waals surface area contributed by atoms with Gasteiger partial charge in [0, 0.05) is 30.9 Å². The van der Waals surface area contributed by atoms with E-state index in [2.05, 4.69) is 33.3 Å². The van der Waals surface area contributed by atoms with Crippen LogP contribution < -0.4 is 10.1 Å². The fourth-order valence-corrected chi connectivity index (χ4v) is 2.25. The molecule has 0 aliphatic rings. The molecule has 2 aromatic rings. The Labute approximate surface area is 126 Å². The normalized spacial score (nSPS) is 10.7. The van der Waals surface area contributed by atoms with E-state index in [1.165, 1.54) is 0 Å². The largest absolute Gasteiger partial charge is 0.496 e. The second kappa shape index (κ2) is 7.04. The maximum atomic E-state index is 5.38. The molecule has 21 heavy (non-hydrogen) atoms. The van der Waals surface area contributed by atoms with Gasteiger partial charge in [0.05, 0.1) is 13.7 Å². The number of nitrogens with one attached hydrogen (secondary N) is 1. The van der Waals surface area contributed by atoms with Gasteiger partial charge in [0.15, 0.2) is 0 Å². The number of nitrogens with zero attached hydrogens (tertiary/aromatic N) is 3. The average Bonchev–Trinajstić information content (AvgIpc) is 2.47. The third-order valence-electron chi connectivity index (χ3n) is 3.20. The Morgan fingerprint density at radius 2 is 1.95 bits per heavy atom. The van der Waals surface area contributed by atoms with Gasteiger partial charge in [-0.05, 0) is 20.0 Å². The van der Waals surface area contributed by atoms with Gasteiger partial charge in [-0.3, -0.25) is 4.90 Å². The van der Waals surface area contributed by atoms with Crippen molar-refractivity contribution in [3.8, 4) is 5.75 Å². The number of para-hydroxylation sites is 1. The molecule has 1 aromatic heterocycles. The fraction of sp³-hybridized carbons (Fsp3) is 0.375. The highest BCUT2D eigenvalue weighted by Crippen LogP contribution is 2.19. The van der Waals surface area contributed by atoms with E-state index in [-0.39, 0.29) is 0 Å². The van der Waals surface area contributed by atoms with Gasteiger partial charge in [-0.1, -0.05) is 18.2 Å². The van der Waals surface area contributed by atoms with Crippen LogP contribution in [-0.4, -0.2) is 36.1 Å². The van der Waals surface area contributed by atoms with E-state index in [1.54, 1.807) is 7.11 Å². The first kappa shape index (κ1) is 15.3. The summed E-state index contributed by atoms with van der Waals surface area (Å²) in [4.78, 5) is 11.1. The van der Waals surface area contributed by atoms with Crippen LogP contribution in [0.4, 0.5) is 5.82 Å². The summed E-state index contributed by atoms with van der Waals surface area (Å²) in [7, 11) is 5.61. The minimum Gasteiger partial charge on any atom is -0.496 e. The lowest BCUT2D eigenvalue weighted by Gasteiger charge is -2.18. The highest BCUT2D eigenvalue weighted by molar-refractivity contribution is 5.35. The summed E-state index contributed by atoms with van der Waals surface area (Å²) >= 11 is 0. The highest BCUT2D eigenvalue weighted by atomic mass is 16.5. The van der Waals surface area contributed by atoms with Gasteiger partial charge in [0.2, 0.25) is 0 Å². The zero-order chi connectivity index (χ0) is 15.2. The molecule has 1 aromatic carbocycles. The van der Waals surface area contributed by atoms with Crippen LogP contribution in [0.15, 0.2) is 30.3 Å². The molecule has 5 nitrogen and oxygen atoms in total. The first-order valence-electron chi connectivity index (χ1n) is 6.95. The molecule has 0 radical (unpaired) electrons. The Balaban J connectivity index is 2.08. The minimum atomic E-state index is 0.689. The third-order valence-corrected chi connectivity index (χ3v) is 3.20. The number of benzene rings is 1. The monoisotopic (exact) mass is 286 g/mol. The van der Waals surface area contributed by atoms with Crippen LogP contribution in [0.1, 0.15) is 17.1 Å². The lowest BCUT2D eigenvalue weighted by Crippen LogP contribution is -2.19. The molecular weight excluding hydrogens is 264 g/mol. The minimum absolute atomic E-state index is 0.689. The second-order valence-corrected chi connectivity index (χ2v) is 5.04. The van der Waals surface area contributed by atoms with Crippen molar-refractivity contribution in [2.45, 2.75) is 20.0 Å². The predicted molar refractivity (Wildman–Crippen MR) is 84.5 cm³/mol. The Hall–Kier alpha value is -2.14. The molecule has 0 aliphatic carbocycles. The summed E-state index contributed by atoms with van der Waals surface area (Å²) in [6.45, 7) is 3.46. The Kier molecular flexibility index (Phi) is 5.11. The summed E-state index contributed by atoms with van der Waals surface area (Å²) in [5.41, 5.74) is 2.12. The van der Waals surface area contributed by atoms with Crippen molar-refractivity contribution in [1.82, 2.24) is 14.9 Å². The average molecular weight is 286 g/mol.